The number of pyridine rings is 1. The number of likely N-dealkylation sites (tertiary alicyclic amines) is 1. The van der Waals surface area contributed by atoms with Gasteiger partial charge in [0.2, 0.25) is 5.88 Å². The number of aryl methyl sites for hydroxylation is 1. The standard InChI is InChI=1S/C28H27F3N4O4/c1-34-24-15-20(27(36)37)7-10-23(24)32-25(34)16-35-13-11-19(12-14-35)22-3-2-4-26(33-22)38-17-18-5-8-21(9-6-18)39-28(29,30)31/h2-10,15,19H,11-14,16-17H2,1H3,(H,36,37). The van der Waals surface area contributed by atoms with Crippen molar-refractivity contribution in [2.24, 2.45) is 7.05 Å². The minimum absolute atomic E-state index is 0.174. The number of carbonyl (C=O) groups is 1. The molecule has 8 nitrogen and oxygen atoms in total. The molecule has 1 N–H and O–H groups in total. The molecule has 1 aliphatic rings. The molecule has 0 spiro atoms. The second kappa shape index (κ2) is 10.9. The molecule has 4 aromatic rings. The lowest BCUT2D eigenvalue weighted by atomic mass is 9.93. The fourth-order valence-corrected chi connectivity index (χ4v) is 4.78. The fraction of sp³-hybridized carbons (Fsp3) is 0.321. The Hall–Kier alpha value is -4.12. The van der Waals surface area contributed by atoms with Crippen molar-refractivity contribution in [3.05, 3.63) is 83.3 Å². The predicted molar refractivity (Wildman–Crippen MR) is 137 cm³/mol. The lowest BCUT2D eigenvalue weighted by Crippen LogP contribution is -2.33. The van der Waals surface area contributed by atoms with Gasteiger partial charge in [-0.3, -0.25) is 4.90 Å². The van der Waals surface area contributed by atoms with Gasteiger partial charge in [-0.15, -0.1) is 13.2 Å². The molecule has 3 heterocycles. The molecule has 2 aromatic heterocycles. The average molecular weight is 541 g/mol. The van der Waals surface area contributed by atoms with Gasteiger partial charge in [-0.25, -0.2) is 14.8 Å². The van der Waals surface area contributed by atoms with E-state index in [4.69, 9.17) is 9.72 Å². The second-order valence-corrected chi connectivity index (χ2v) is 9.53. The third-order valence-corrected chi connectivity index (χ3v) is 6.88. The summed E-state index contributed by atoms with van der Waals surface area (Å²) in [4.78, 5) is 23.0. The maximum atomic E-state index is 12.3. The minimum atomic E-state index is -4.72. The molecule has 1 aliphatic heterocycles. The molecule has 0 amide bonds. The first-order valence-electron chi connectivity index (χ1n) is 12.5. The van der Waals surface area contributed by atoms with Crippen LogP contribution in [0.3, 0.4) is 0 Å². The molecule has 0 radical (unpaired) electrons. The smallest absolute Gasteiger partial charge is 0.478 e. The van der Waals surface area contributed by atoms with Gasteiger partial charge in [-0.2, -0.15) is 0 Å². The number of alkyl halides is 3. The summed E-state index contributed by atoms with van der Waals surface area (Å²) in [6.45, 7) is 2.58. The Morgan fingerprint density at radius 1 is 1.05 bits per heavy atom. The summed E-state index contributed by atoms with van der Waals surface area (Å²) in [5, 5.41) is 9.27. The summed E-state index contributed by atoms with van der Waals surface area (Å²) >= 11 is 0. The highest BCUT2D eigenvalue weighted by Crippen LogP contribution is 2.29. The SMILES string of the molecule is Cn1c(CN2CCC(c3cccc(OCc4ccc(OC(F)(F)F)cc4)n3)CC2)nc2ccc(C(=O)O)cc21. The summed E-state index contributed by atoms with van der Waals surface area (Å²) in [6.07, 6.45) is -2.88. The molecule has 0 unspecified atom stereocenters. The van der Waals surface area contributed by atoms with E-state index in [0.717, 1.165) is 48.5 Å². The zero-order chi connectivity index (χ0) is 27.6. The summed E-state index contributed by atoms with van der Waals surface area (Å²) < 4.78 is 48.6. The van der Waals surface area contributed by atoms with Crippen LogP contribution in [0.2, 0.25) is 0 Å². The number of rotatable bonds is 8. The molecular formula is C28H27F3N4O4. The van der Waals surface area contributed by atoms with Crippen molar-refractivity contribution in [2.75, 3.05) is 13.1 Å². The number of benzene rings is 2. The monoisotopic (exact) mass is 540 g/mol. The molecule has 39 heavy (non-hydrogen) atoms. The Balaban J connectivity index is 1.15. The Morgan fingerprint density at radius 2 is 1.79 bits per heavy atom. The van der Waals surface area contributed by atoms with Crippen LogP contribution in [0.15, 0.2) is 60.7 Å². The van der Waals surface area contributed by atoms with Crippen LogP contribution in [0.5, 0.6) is 11.6 Å². The summed E-state index contributed by atoms with van der Waals surface area (Å²) in [7, 11) is 1.91. The molecule has 1 fully saturated rings. The van der Waals surface area contributed by atoms with Crippen molar-refractivity contribution in [1.82, 2.24) is 19.4 Å². The minimum Gasteiger partial charge on any atom is -0.478 e. The molecule has 0 aliphatic carbocycles. The Bertz CT molecular complexity index is 1460. The number of carboxylic acids is 1. The first-order valence-corrected chi connectivity index (χ1v) is 12.5. The molecule has 5 rings (SSSR count). The quantitative estimate of drug-likeness (QED) is 0.315. The predicted octanol–water partition coefficient (Wildman–Crippen LogP) is 5.52. The Kier molecular flexibility index (Phi) is 7.42. The lowest BCUT2D eigenvalue weighted by molar-refractivity contribution is -0.274. The highest BCUT2D eigenvalue weighted by atomic mass is 19.4. The van der Waals surface area contributed by atoms with Gasteiger partial charge in [0, 0.05) is 24.7 Å². The highest BCUT2D eigenvalue weighted by Gasteiger charge is 2.31. The zero-order valence-electron chi connectivity index (χ0n) is 21.2. The number of aromatic carboxylic acids is 1. The molecule has 1 saturated heterocycles. The first kappa shape index (κ1) is 26.5. The number of nitrogens with zero attached hydrogens (tertiary/aromatic N) is 4. The van der Waals surface area contributed by atoms with E-state index in [1.165, 1.54) is 24.3 Å². The third kappa shape index (κ3) is 6.48. The molecule has 0 saturated carbocycles. The first-order chi connectivity index (χ1) is 18.6. The molecule has 11 heteroatoms. The van der Waals surface area contributed by atoms with E-state index < -0.39 is 12.3 Å². The van der Waals surface area contributed by atoms with Crippen LogP contribution in [-0.4, -0.2) is 50.0 Å². The number of imidazole rings is 1. The maximum absolute atomic E-state index is 12.3. The molecule has 2 aromatic carbocycles. The zero-order valence-corrected chi connectivity index (χ0v) is 21.2. The Morgan fingerprint density at radius 3 is 2.49 bits per heavy atom. The number of fused-ring (bicyclic) bond motifs is 1. The number of ether oxygens (including phenoxy) is 2. The van der Waals surface area contributed by atoms with Gasteiger partial charge >= 0.3 is 12.3 Å². The van der Waals surface area contributed by atoms with Crippen LogP contribution < -0.4 is 9.47 Å². The average Bonchev–Trinajstić information content (AvgIpc) is 3.22. The van der Waals surface area contributed by atoms with Gasteiger partial charge in [0.05, 0.1) is 23.1 Å². The number of piperidine rings is 1. The topological polar surface area (TPSA) is 89.7 Å². The maximum Gasteiger partial charge on any atom is 0.573 e. The van der Waals surface area contributed by atoms with Crippen LogP contribution in [-0.2, 0) is 20.2 Å². The number of hydrogen-bond acceptors (Lipinski definition) is 6. The van der Waals surface area contributed by atoms with Gasteiger partial charge in [0.15, 0.2) is 0 Å². The van der Waals surface area contributed by atoms with E-state index in [-0.39, 0.29) is 23.8 Å². The number of aromatic nitrogens is 3. The van der Waals surface area contributed by atoms with Gasteiger partial charge in [-0.05, 0) is 67.9 Å². The van der Waals surface area contributed by atoms with Crippen molar-refractivity contribution in [2.45, 2.75) is 38.3 Å². The second-order valence-electron chi connectivity index (χ2n) is 9.53. The van der Waals surface area contributed by atoms with Gasteiger partial charge in [0.25, 0.3) is 0 Å². The summed E-state index contributed by atoms with van der Waals surface area (Å²) in [5.74, 6) is 0.394. The molecular weight excluding hydrogens is 513 g/mol. The van der Waals surface area contributed by atoms with Crippen LogP contribution in [0.1, 0.15) is 46.2 Å². The van der Waals surface area contributed by atoms with Gasteiger partial charge in [0.1, 0.15) is 18.2 Å². The number of hydrogen-bond donors (Lipinski definition) is 1. The normalized spacial score (nSPS) is 15.0. The summed E-state index contributed by atoms with van der Waals surface area (Å²) in [5.41, 5.74) is 3.46. The van der Waals surface area contributed by atoms with Gasteiger partial charge < -0.3 is 19.1 Å². The third-order valence-electron chi connectivity index (χ3n) is 6.88. The van der Waals surface area contributed by atoms with Crippen molar-refractivity contribution >= 4 is 17.0 Å². The van der Waals surface area contributed by atoms with Crippen LogP contribution in [0.25, 0.3) is 11.0 Å². The van der Waals surface area contributed by atoms with Gasteiger partial charge in [-0.1, -0.05) is 18.2 Å². The Labute approximate surface area is 222 Å². The van der Waals surface area contributed by atoms with Crippen molar-refractivity contribution in [1.29, 1.82) is 0 Å². The van der Waals surface area contributed by atoms with E-state index >= 15 is 0 Å². The molecule has 0 bridgehead atoms. The summed E-state index contributed by atoms with van der Waals surface area (Å²) in [6, 6.07) is 16.2. The fourth-order valence-electron chi connectivity index (χ4n) is 4.78. The van der Waals surface area contributed by atoms with Crippen LogP contribution in [0.4, 0.5) is 13.2 Å². The molecule has 204 valence electrons. The van der Waals surface area contributed by atoms with Crippen molar-refractivity contribution in [3.63, 3.8) is 0 Å². The van der Waals surface area contributed by atoms with E-state index in [0.29, 0.717) is 18.0 Å². The number of halogens is 3. The largest absolute Gasteiger partial charge is 0.573 e. The van der Waals surface area contributed by atoms with E-state index in [1.807, 2.05) is 23.7 Å². The van der Waals surface area contributed by atoms with Crippen LogP contribution in [0, 0.1) is 0 Å². The number of carboxylic acid groups (broad SMARTS) is 1. The highest BCUT2D eigenvalue weighted by molar-refractivity contribution is 5.92. The van der Waals surface area contributed by atoms with E-state index in [2.05, 4.69) is 14.6 Å². The van der Waals surface area contributed by atoms with Crippen molar-refractivity contribution < 1.29 is 32.5 Å². The van der Waals surface area contributed by atoms with E-state index in [9.17, 15) is 23.1 Å². The van der Waals surface area contributed by atoms with Crippen LogP contribution >= 0.6 is 0 Å². The lowest BCUT2D eigenvalue weighted by Gasteiger charge is -2.31. The van der Waals surface area contributed by atoms with E-state index in [1.54, 1.807) is 24.3 Å². The van der Waals surface area contributed by atoms with Crippen molar-refractivity contribution in [3.8, 4) is 11.6 Å². The molecule has 0 atom stereocenters.